The minimum Gasteiger partial charge on any atom is -0.493 e. The zero-order valence-corrected chi connectivity index (χ0v) is 13.4. The summed E-state index contributed by atoms with van der Waals surface area (Å²) in [5, 5.41) is 0. The number of hydrogen-bond acceptors (Lipinski definition) is 7. The van der Waals surface area contributed by atoms with Crippen LogP contribution >= 0.6 is 0 Å². The summed E-state index contributed by atoms with van der Waals surface area (Å²) < 4.78 is 16.3. The van der Waals surface area contributed by atoms with Crippen molar-refractivity contribution in [3.63, 3.8) is 0 Å². The Kier molecular flexibility index (Phi) is 5.10. The van der Waals surface area contributed by atoms with Crippen LogP contribution in [0.3, 0.4) is 0 Å². The van der Waals surface area contributed by atoms with Crippen LogP contribution in [0, 0.1) is 0 Å². The second-order valence-electron chi connectivity index (χ2n) is 4.86. The Labute approximate surface area is 143 Å². The van der Waals surface area contributed by atoms with Crippen LogP contribution < -0.4 is 20.3 Å². The van der Waals surface area contributed by atoms with E-state index in [0.29, 0.717) is 17.3 Å². The van der Waals surface area contributed by atoms with Crippen molar-refractivity contribution in [3.8, 4) is 11.5 Å². The molecular formula is C17H16N4O4. The fourth-order valence-corrected chi connectivity index (χ4v) is 2.00. The number of rotatable bonds is 7. The van der Waals surface area contributed by atoms with E-state index in [0.717, 1.165) is 0 Å². The molecule has 0 fully saturated rings. The Morgan fingerprint density at radius 2 is 1.84 bits per heavy atom. The average molecular weight is 340 g/mol. The number of nitrogens with one attached hydrogen (secondary N) is 2. The third-order valence-corrected chi connectivity index (χ3v) is 3.18. The molecule has 1 amide bonds. The fraction of sp³-hybridized carbons (Fsp3) is 0.118. The summed E-state index contributed by atoms with van der Waals surface area (Å²) in [6.45, 7) is 0.170. The maximum atomic E-state index is 12.0. The molecule has 0 atom stereocenters. The number of methoxy groups -OCH3 is 1. The van der Waals surface area contributed by atoms with Crippen molar-refractivity contribution >= 4 is 11.9 Å². The molecule has 8 nitrogen and oxygen atoms in total. The van der Waals surface area contributed by atoms with E-state index in [4.69, 9.17) is 13.9 Å². The molecule has 0 aliphatic rings. The first-order chi connectivity index (χ1) is 12.3. The third-order valence-electron chi connectivity index (χ3n) is 3.18. The number of anilines is 1. The molecule has 3 aromatic rings. The molecule has 3 rings (SSSR count). The molecule has 0 bridgehead atoms. The number of nitrogens with zero attached hydrogens (tertiary/aromatic N) is 2. The van der Waals surface area contributed by atoms with E-state index in [1.54, 1.807) is 49.8 Å². The van der Waals surface area contributed by atoms with Crippen LogP contribution in [0.2, 0.25) is 0 Å². The molecule has 0 radical (unpaired) electrons. The lowest BCUT2D eigenvalue weighted by molar-refractivity contribution is 0.0930. The minimum absolute atomic E-state index is 0.141. The van der Waals surface area contributed by atoms with Gasteiger partial charge in [0.2, 0.25) is 5.95 Å². The summed E-state index contributed by atoms with van der Waals surface area (Å²) in [6, 6.07) is 12.2. The Morgan fingerprint density at radius 3 is 2.60 bits per heavy atom. The predicted molar refractivity (Wildman–Crippen MR) is 89.2 cm³/mol. The van der Waals surface area contributed by atoms with Gasteiger partial charge in [-0.2, -0.15) is 0 Å². The van der Waals surface area contributed by atoms with Gasteiger partial charge >= 0.3 is 5.91 Å². The number of furan rings is 1. The Balaban J connectivity index is 1.55. The van der Waals surface area contributed by atoms with E-state index < -0.39 is 5.91 Å². The number of hydrogen-bond donors (Lipinski definition) is 2. The molecule has 8 heteroatoms. The van der Waals surface area contributed by atoms with Gasteiger partial charge in [0, 0.05) is 12.4 Å². The van der Waals surface area contributed by atoms with Crippen LogP contribution in [-0.2, 0) is 6.61 Å². The summed E-state index contributed by atoms with van der Waals surface area (Å²) in [7, 11) is 1.57. The Bertz CT molecular complexity index is 835. The van der Waals surface area contributed by atoms with E-state index in [1.807, 2.05) is 12.1 Å². The lowest BCUT2D eigenvalue weighted by atomic mass is 10.3. The van der Waals surface area contributed by atoms with E-state index in [-0.39, 0.29) is 18.3 Å². The number of amides is 1. The lowest BCUT2D eigenvalue weighted by Gasteiger charge is -2.08. The molecule has 128 valence electrons. The maximum Gasteiger partial charge on any atom is 0.305 e. The zero-order valence-electron chi connectivity index (χ0n) is 13.4. The smallest absolute Gasteiger partial charge is 0.305 e. The molecule has 0 aliphatic heterocycles. The number of hydrazine groups is 1. The van der Waals surface area contributed by atoms with Gasteiger partial charge in [-0.05, 0) is 30.3 Å². The van der Waals surface area contributed by atoms with Gasteiger partial charge in [-0.1, -0.05) is 12.1 Å². The largest absolute Gasteiger partial charge is 0.493 e. The number of ether oxygens (including phenoxy) is 2. The molecular weight excluding hydrogens is 324 g/mol. The van der Waals surface area contributed by atoms with Crippen molar-refractivity contribution < 1.29 is 18.7 Å². The molecule has 1 aromatic carbocycles. The highest BCUT2D eigenvalue weighted by Gasteiger charge is 2.12. The van der Waals surface area contributed by atoms with Gasteiger partial charge < -0.3 is 13.9 Å². The van der Waals surface area contributed by atoms with E-state index in [1.165, 1.54) is 0 Å². The van der Waals surface area contributed by atoms with Crippen molar-refractivity contribution in [1.29, 1.82) is 0 Å². The van der Waals surface area contributed by atoms with Crippen LogP contribution in [0.15, 0.2) is 59.3 Å². The monoisotopic (exact) mass is 340 g/mol. The van der Waals surface area contributed by atoms with Crippen molar-refractivity contribution in [2.24, 2.45) is 0 Å². The van der Waals surface area contributed by atoms with Crippen molar-refractivity contribution in [2.75, 3.05) is 12.5 Å². The van der Waals surface area contributed by atoms with Crippen LogP contribution in [-0.4, -0.2) is 23.0 Å². The van der Waals surface area contributed by atoms with Crippen LogP contribution in [0.1, 0.15) is 16.3 Å². The van der Waals surface area contributed by atoms with Crippen LogP contribution in [0.25, 0.3) is 0 Å². The molecule has 0 saturated carbocycles. The normalized spacial score (nSPS) is 10.1. The van der Waals surface area contributed by atoms with Crippen LogP contribution in [0.5, 0.6) is 11.5 Å². The van der Waals surface area contributed by atoms with Gasteiger partial charge in [-0.15, -0.1) is 0 Å². The second kappa shape index (κ2) is 7.82. The molecule has 25 heavy (non-hydrogen) atoms. The number of benzene rings is 1. The van der Waals surface area contributed by atoms with Gasteiger partial charge in [0.25, 0.3) is 0 Å². The topological polar surface area (TPSA) is 98.5 Å². The standard InChI is InChI=1S/C17H16N4O4/c1-23-13-5-2-3-6-14(13)24-11-12-7-8-15(25-12)16(22)20-21-17-18-9-4-10-19-17/h2-10H,11H2,1H3,(H,20,22)(H,18,19,21). The molecule has 0 aliphatic carbocycles. The van der Waals surface area contributed by atoms with Gasteiger partial charge in [0.05, 0.1) is 7.11 Å². The summed E-state index contributed by atoms with van der Waals surface area (Å²) >= 11 is 0. The van der Waals surface area contributed by atoms with Gasteiger partial charge in [0.15, 0.2) is 17.3 Å². The molecule has 0 unspecified atom stereocenters. The van der Waals surface area contributed by atoms with Crippen LogP contribution in [0.4, 0.5) is 5.95 Å². The Hall–Kier alpha value is -3.55. The summed E-state index contributed by atoms with van der Waals surface area (Å²) in [5.41, 5.74) is 5.05. The van der Waals surface area contributed by atoms with Crippen molar-refractivity contribution in [3.05, 3.63) is 66.4 Å². The van der Waals surface area contributed by atoms with E-state index in [2.05, 4.69) is 20.8 Å². The summed E-state index contributed by atoms with van der Waals surface area (Å²) in [5.74, 6) is 1.70. The SMILES string of the molecule is COc1ccccc1OCc1ccc(C(=O)NNc2ncccn2)o1. The van der Waals surface area contributed by atoms with Gasteiger partial charge in [0.1, 0.15) is 12.4 Å². The number of para-hydroxylation sites is 2. The molecule has 0 spiro atoms. The van der Waals surface area contributed by atoms with Crippen molar-refractivity contribution in [2.45, 2.75) is 6.61 Å². The number of carbonyl (C=O) groups excluding carboxylic acids is 1. The lowest BCUT2D eigenvalue weighted by Crippen LogP contribution is -2.29. The quantitative estimate of drug-likeness (QED) is 0.637. The highest BCUT2D eigenvalue weighted by Crippen LogP contribution is 2.26. The first kappa shape index (κ1) is 16.3. The minimum atomic E-state index is -0.448. The number of carbonyl (C=O) groups is 1. The first-order valence-electron chi connectivity index (χ1n) is 7.44. The predicted octanol–water partition coefficient (Wildman–Crippen LogP) is 2.41. The average Bonchev–Trinajstić information content (AvgIpc) is 3.14. The van der Waals surface area contributed by atoms with E-state index in [9.17, 15) is 4.79 Å². The first-order valence-corrected chi connectivity index (χ1v) is 7.44. The Morgan fingerprint density at radius 1 is 1.08 bits per heavy atom. The third kappa shape index (κ3) is 4.25. The maximum absolute atomic E-state index is 12.0. The highest BCUT2D eigenvalue weighted by molar-refractivity contribution is 5.92. The fourth-order valence-electron chi connectivity index (χ4n) is 2.00. The molecule has 0 saturated heterocycles. The summed E-state index contributed by atoms with van der Waals surface area (Å²) in [4.78, 5) is 19.9. The summed E-state index contributed by atoms with van der Waals surface area (Å²) in [6.07, 6.45) is 3.11. The van der Waals surface area contributed by atoms with Gasteiger partial charge in [-0.25, -0.2) is 9.97 Å². The molecule has 2 aromatic heterocycles. The zero-order chi connectivity index (χ0) is 17.5. The molecule has 2 heterocycles. The van der Waals surface area contributed by atoms with Crippen molar-refractivity contribution in [1.82, 2.24) is 15.4 Å². The second-order valence-corrected chi connectivity index (χ2v) is 4.86. The van der Waals surface area contributed by atoms with E-state index >= 15 is 0 Å². The highest BCUT2D eigenvalue weighted by atomic mass is 16.5. The number of aromatic nitrogens is 2. The molecule has 2 N–H and O–H groups in total. The van der Waals surface area contributed by atoms with Gasteiger partial charge in [-0.3, -0.25) is 15.6 Å².